The molecule has 2 heteroatoms. The van der Waals surface area contributed by atoms with Crippen molar-refractivity contribution >= 4 is 0 Å². The van der Waals surface area contributed by atoms with Gasteiger partial charge in [0.05, 0.1) is 0 Å². The molecule has 0 bridgehead atoms. The summed E-state index contributed by atoms with van der Waals surface area (Å²) < 4.78 is 0. The Bertz CT molecular complexity index is 153. The zero-order chi connectivity index (χ0) is 8.72. The third kappa shape index (κ3) is 1.50. The highest BCUT2D eigenvalue weighted by Gasteiger charge is 2.40. The minimum atomic E-state index is 0.443. The van der Waals surface area contributed by atoms with Gasteiger partial charge >= 0.3 is 0 Å². The van der Waals surface area contributed by atoms with Gasteiger partial charge in [0.1, 0.15) is 0 Å². The van der Waals surface area contributed by atoms with Crippen molar-refractivity contribution in [2.45, 2.75) is 51.2 Å². The van der Waals surface area contributed by atoms with E-state index < -0.39 is 0 Å². The fraction of sp³-hybridized carbons (Fsp3) is 1.00. The first kappa shape index (κ1) is 8.52. The van der Waals surface area contributed by atoms with Gasteiger partial charge in [-0.15, -0.1) is 0 Å². The molecule has 1 saturated heterocycles. The molecule has 1 aliphatic heterocycles. The van der Waals surface area contributed by atoms with E-state index in [1.165, 1.54) is 19.3 Å². The van der Waals surface area contributed by atoms with Crippen LogP contribution in [0.4, 0.5) is 0 Å². The number of rotatable bonds is 2. The molecule has 2 atom stereocenters. The molecule has 0 spiro atoms. The van der Waals surface area contributed by atoms with E-state index in [4.69, 9.17) is 5.73 Å². The Morgan fingerprint density at radius 3 is 2.50 bits per heavy atom. The Hall–Kier alpha value is -0.0800. The molecule has 2 aliphatic rings. The van der Waals surface area contributed by atoms with Crippen LogP contribution < -0.4 is 5.73 Å². The summed E-state index contributed by atoms with van der Waals surface area (Å²) in [6.45, 7) is 5.78. The SMILES string of the molecule is CC(C)C1CC(N)CN1C1CC1. The van der Waals surface area contributed by atoms with Gasteiger partial charge in [0, 0.05) is 24.7 Å². The van der Waals surface area contributed by atoms with Crippen LogP contribution in [-0.2, 0) is 0 Å². The van der Waals surface area contributed by atoms with Crippen LogP contribution in [0.3, 0.4) is 0 Å². The van der Waals surface area contributed by atoms with Crippen molar-refractivity contribution in [1.29, 1.82) is 0 Å². The highest BCUT2D eigenvalue weighted by Crippen LogP contribution is 2.35. The van der Waals surface area contributed by atoms with Crippen LogP contribution in [0.5, 0.6) is 0 Å². The molecule has 2 unspecified atom stereocenters. The minimum absolute atomic E-state index is 0.443. The lowest BCUT2D eigenvalue weighted by molar-refractivity contribution is 0.197. The first-order chi connectivity index (χ1) is 5.68. The number of likely N-dealkylation sites (tertiary alicyclic amines) is 1. The number of nitrogens with two attached hydrogens (primary N) is 1. The van der Waals surface area contributed by atoms with Gasteiger partial charge < -0.3 is 5.73 Å². The summed E-state index contributed by atoms with van der Waals surface area (Å²) in [5.41, 5.74) is 5.98. The quantitative estimate of drug-likeness (QED) is 0.671. The van der Waals surface area contributed by atoms with Gasteiger partial charge in [-0.05, 0) is 25.2 Å². The van der Waals surface area contributed by atoms with E-state index in [0.717, 1.165) is 24.5 Å². The van der Waals surface area contributed by atoms with Crippen molar-refractivity contribution < 1.29 is 0 Å². The van der Waals surface area contributed by atoms with Crippen molar-refractivity contribution in [3.63, 3.8) is 0 Å². The Morgan fingerprint density at radius 2 is 2.00 bits per heavy atom. The summed E-state index contributed by atoms with van der Waals surface area (Å²) in [4.78, 5) is 2.65. The molecule has 0 aromatic carbocycles. The molecule has 1 aliphatic carbocycles. The van der Waals surface area contributed by atoms with Gasteiger partial charge in [0.15, 0.2) is 0 Å². The van der Waals surface area contributed by atoms with E-state index in [2.05, 4.69) is 18.7 Å². The van der Waals surface area contributed by atoms with Gasteiger partial charge in [-0.2, -0.15) is 0 Å². The molecule has 0 aromatic rings. The Morgan fingerprint density at radius 1 is 1.33 bits per heavy atom. The highest BCUT2D eigenvalue weighted by molar-refractivity contribution is 4.97. The Balaban J connectivity index is 1.99. The lowest BCUT2D eigenvalue weighted by Gasteiger charge is -2.26. The van der Waals surface area contributed by atoms with E-state index in [0.29, 0.717) is 6.04 Å². The third-order valence-corrected chi connectivity index (χ3v) is 3.20. The van der Waals surface area contributed by atoms with Crippen LogP contribution in [0, 0.1) is 5.92 Å². The molecule has 70 valence electrons. The number of nitrogens with zero attached hydrogens (tertiary/aromatic N) is 1. The first-order valence-electron chi connectivity index (χ1n) is 5.20. The summed E-state index contributed by atoms with van der Waals surface area (Å²) in [6.07, 6.45) is 4.04. The fourth-order valence-electron chi connectivity index (χ4n) is 2.41. The van der Waals surface area contributed by atoms with Crippen molar-refractivity contribution in [1.82, 2.24) is 4.90 Å². The van der Waals surface area contributed by atoms with E-state index >= 15 is 0 Å². The summed E-state index contributed by atoms with van der Waals surface area (Å²) in [5, 5.41) is 0. The molecule has 2 N–H and O–H groups in total. The molecule has 1 heterocycles. The summed E-state index contributed by atoms with van der Waals surface area (Å²) in [5.74, 6) is 0.777. The van der Waals surface area contributed by atoms with Gasteiger partial charge in [-0.25, -0.2) is 0 Å². The fourth-order valence-corrected chi connectivity index (χ4v) is 2.41. The summed E-state index contributed by atoms with van der Waals surface area (Å²) in [7, 11) is 0. The van der Waals surface area contributed by atoms with Crippen molar-refractivity contribution in [2.24, 2.45) is 11.7 Å². The van der Waals surface area contributed by atoms with Gasteiger partial charge in [-0.3, -0.25) is 4.90 Å². The van der Waals surface area contributed by atoms with Crippen molar-refractivity contribution in [2.75, 3.05) is 6.54 Å². The average molecular weight is 168 g/mol. The second-order valence-corrected chi connectivity index (χ2v) is 4.74. The predicted molar refractivity (Wildman–Crippen MR) is 50.9 cm³/mol. The normalized spacial score (nSPS) is 38.0. The molecular formula is C10H20N2. The van der Waals surface area contributed by atoms with Crippen LogP contribution in [-0.4, -0.2) is 29.6 Å². The van der Waals surface area contributed by atoms with Crippen LogP contribution in [0.2, 0.25) is 0 Å². The lowest BCUT2D eigenvalue weighted by Crippen LogP contribution is -2.35. The van der Waals surface area contributed by atoms with E-state index in [-0.39, 0.29) is 0 Å². The summed E-state index contributed by atoms with van der Waals surface area (Å²) >= 11 is 0. The Labute approximate surface area is 75.1 Å². The van der Waals surface area contributed by atoms with Crippen molar-refractivity contribution in [3.8, 4) is 0 Å². The maximum Gasteiger partial charge on any atom is 0.0183 e. The molecule has 2 fully saturated rings. The van der Waals surface area contributed by atoms with Gasteiger partial charge in [-0.1, -0.05) is 13.8 Å². The lowest BCUT2D eigenvalue weighted by atomic mass is 10.0. The topological polar surface area (TPSA) is 29.3 Å². The minimum Gasteiger partial charge on any atom is -0.326 e. The van der Waals surface area contributed by atoms with Crippen LogP contribution >= 0.6 is 0 Å². The van der Waals surface area contributed by atoms with Crippen molar-refractivity contribution in [3.05, 3.63) is 0 Å². The standard InChI is InChI=1S/C10H20N2/c1-7(2)10-5-8(11)6-12(10)9-3-4-9/h7-10H,3-6,11H2,1-2H3. The van der Waals surface area contributed by atoms with E-state index in [1.807, 2.05) is 0 Å². The Kier molecular flexibility index (Phi) is 2.13. The zero-order valence-electron chi connectivity index (χ0n) is 8.16. The summed E-state index contributed by atoms with van der Waals surface area (Å²) in [6, 6.07) is 2.11. The maximum absolute atomic E-state index is 5.98. The molecular weight excluding hydrogens is 148 g/mol. The third-order valence-electron chi connectivity index (χ3n) is 3.20. The smallest absolute Gasteiger partial charge is 0.0183 e. The molecule has 0 amide bonds. The van der Waals surface area contributed by atoms with Gasteiger partial charge in [0.2, 0.25) is 0 Å². The van der Waals surface area contributed by atoms with E-state index in [1.54, 1.807) is 0 Å². The second kappa shape index (κ2) is 3.00. The second-order valence-electron chi connectivity index (χ2n) is 4.74. The average Bonchev–Trinajstić information content (AvgIpc) is 2.75. The molecule has 1 saturated carbocycles. The largest absolute Gasteiger partial charge is 0.326 e. The first-order valence-corrected chi connectivity index (χ1v) is 5.20. The van der Waals surface area contributed by atoms with Crippen LogP contribution in [0.25, 0.3) is 0 Å². The molecule has 2 nitrogen and oxygen atoms in total. The molecule has 0 aromatic heterocycles. The number of hydrogen-bond acceptors (Lipinski definition) is 2. The zero-order valence-corrected chi connectivity index (χ0v) is 8.16. The highest BCUT2D eigenvalue weighted by atomic mass is 15.2. The van der Waals surface area contributed by atoms with E-state index in [9.17, 15) is 0 Å². The number of hydrogen-bond donors (Lipinski definition) is 1. The molecule has 0 radical (unpaired) electrons. The van der Waals surface area contributed by atoms with Crippen LogP contribution in [0.15, 0.2) is 0 Å². The molecule has 12 heavy (non-hydrogen) atoms. The monoisotopic (exact) mass is 168 g/mol. The van der Waals surface area contributed by atoms with Gasteiger partial charge in [0.25, 0.3) is 0 Å². The predicted octanol–water partition coefficient (Wildman–Crippen LogP) is 1.21. The molecule has 2 rings (SSSR count). The van der Waals surface area contributed by atoms with Crippen LogP contribution in [0.1, 0.15) is 33.1 Å². The maximum atomic E-state index is 5.98.